The van der Waals surface area contributed by atoms with E-state index in [0.29, 0.717) is 38.8 Å². The first-order valence-electron chi connectivity index (χ1n) is 10.0. The van der Waals surface area contributed by atoms with Crippen LogP contribution in [-0.4, -0.2) is 35.7 Å². The average molecular weight is 460 g/mol. The van der Waals surface area contributed by atoms with Gasteiger partial charge in [-0.25, -0.2) is 9.78 Å². The van der Waals surface area contributed by atoms with Gasteiger partial charge in [0.1, 0.15) is 17.4 Å². The molecular formula is C23H26ClN3O3S. The summed E-state index contributed by atoms with van der Waals surface area (Å²) in [7, 11) is 0. The number of hydrogen-bond acceptors (Lipinski definition) is 6. The maximum atomic E-state index is 12.3. The minimum absolute atomic E-state index is 0. The molecule has 0 radical (unpaired) electrons. The molecule has 1 amide bonds. The number of carbonyl (C=O) groups excluding carboxylic acids is 1. The maximum absolute atomic E-state index is 12.3. The summed E-state index contributed by atoms with van der Waals surface area (Å²) >= 11 is 1.60. The lowest BCUT2D eigenvalue weighted by molar-refractivity contribution is 0.102. The first-order chi connectivity index (χ1) is 14.7. The van der Waals surface area contributed by atoms with Gasteiger partial charge >= 0.3 is 6.09 Å². The number of likely N-dealkylation sites (tertiary alicyclic amines) is 1. The normalized spacial score (nSPS) is 15.4. The fourth-order valence-electron chi connectivity index (χ4n) is 3.39. The molecule has 0 bridgehead atoms. The van der Waals surface area contributed by atoms with Crippen molar-refractivity contribution >= 4 is 29.8 Å². The SMILES string of the molecule is Cl.NCc1cnc(-c2ccc(OCC3CCN(C(=O)OCc4ccccc4)C3)cc2)s1. The van der Waals surface area contributed by atoms with E-state index in [9.17, 15) is 4.79 Å². The summed E-state index contributed by atoms with van der Waals surface area (Å²) in [5.41, 5.74) is 7.70. The Morgan fingerprint density at radius 3 is 2.65 bits per heavy atom. The number of hydrogen-bond donors (Lipinski definition) is 1. The van der Waals surface area contributed by atoms with Crippen molar-refractivity contribution in [2.75, 3.05) is 19.7 Å². The van der Waals surface area contributed by atoms with Gasteiger partial charge in [0.25, 0.3) is 0 Å². The molecule has 0 saturated carbocycles. The first-order valence-corrected chi connectivity index (χ1v) is 10.9. The number of rotatable bonds is 7. The fourth-order valence-corrected chi connectivity index (χ4v) is 4.18. The van der Waals surface area contributed by atoms with Gasteiger partial charge < -0.3 is 20.1 Å². The molecule has 1 saturated heterocycles. The molecule has 31 heavy (non-hydrogen) atoms. The molecule has 1 fully saturated rings. The van der Waals surface area contributed by atoms with Crippen LogP contribution in [0.3, 0.4) is 0 Å². The molecule has 8 heteroatoms. The van der Waals surface area contributed by atoms with Crippen LogP contribution in [0.15, 0.2) is 60.8 Å². The second-order valence-electron chi connectivity index (χ2n) is 7.31. The van der Waals surface area contributed by atoms with E-state index in [1.54, 1.807) is 16.2 Å². The summed E-state index contributed by atoms with van der Waals surface area (Å²) in [5, 5.41) is 0.961. The highest BCUT2D eigenvalue weighted by atomic mass is 35.5. The second kappa shape index (κ2) is 11.1. The molecule has 1 aromatic heterocycles. The Hall–Kier alpha value is -2.61. The van der Waals surface area contributed by atoms with Gasteiger partial charge in [0.05, 0.1) is 6.61 Å². The molecule has 0 aliphatic carbocycles. The van der Waals surface area contributed by atoms with Crippen molar-refractivity contribution in [3.05, 3.63) is 71.2 Å². The van der Waals surface area contributed by atoms with E-state index in [1.807, 2.05) is 60.8 Å². The Morgan fingerprint density at radius 1 is 1.16 bits per heavy atom. The molecule has 2 aromatic carbocycles. The summed E-state index contributed by atoms with van der Waals surface area (Å²) in [5.74, 6) is 1.12. The third-order valence-electron chi connectivity index (χ3n) is 5.09. The van der Waals surface area contributed by atoms with E-state index in [1.165, 1.54) is 0 Å². The Labute approximate surface area is 192 Å². The largest absolute Gasteiger partial charge is 0.493 e. The summed E-state index contributed by atoms with van der Waals surface area (Å²) in [6.07, 6.45) is 2.48. The monoisotopic (exact) mass is 459 g/mol. The number of benzene rings is 2. The number of aromatic nitrogens is 1. The summed E-state index contributed by atoms with van der Waals surface area (Å²) in [6.45, 7) is 2.75. The Balaban J connectivity index is 0.00000272. The molecule has 6 nitrogen and oxygen atoms in total. The van der Waals surface area contributed by atoms with Crippen LogP contribution in [0.4, 0.5) is 4.79 Å². The predicted octanol–water partition coefficient (Wildman–Crippen LogP) is 4.73. The Kier molecular flexibility index (Phi) is 8.28. The molecule has 0 spiro atoms. The number of thiazole rings is 1. The molecule has 1 aliphatic rings. The van der Waals surface area contributed by atoms with Crippen LogP contribution in [0.1, 0.15) is 16.9 Å². The van der Waals surface area contributed by atoms with Crippen molar-refractivity contribution in [3.63, 3.8) is 0 Å². The second-order valence-corrected chi connectivity index (χ2v) is 8.43. The van der Waals surface area contributed by atoms with Crippen LogP contribution in [0.5, 0.6) is 5.75 Å². The van der Waals surface area contributed by atoms with Gasteiger partial charge in [0.2, 0.25) is 0 Å². The zero-order chi connectivity index (χ0) is 20.8. The Bertz CT molecular complexity index is 966. The lowest BCUT2D eigenvalue weighted by Gasteiger charge is -2.17. The summed E-state index contributed by atoms with van der Waals surface area (Å²) in [6, 6.07) is 17.7. The maximum Gasteiger partial charge on any atom is 0.410 e. The van der Waals surface area contributed by atoms with Crippen LogP contribution in [-0.2, 0) is 17.9 Å². The molecule has 1 aliphatic heterocycles. The van der Waals surface area contributed by atoms with Crippen molar-refractivity contribution in [2.45, 2.75) is 19.6 Å². The van der Waals surface area contributed by atoms with Crippen molar-refractivity contribution < 1.29 is 14.3 Å². The van der Waals surface area contributed by atoms with E-state index in [2.05, 4.69) is 4.98 Å². The van der Waals surface area contributed by atoms with Crippen LogP contribution in [0.25, 0.3) is 10.6 Å². The zero-order valence-corrected chi connectivity index (χ0v) is 18.7. The smallest absolute Gasteiger partial charge is 0.410 e. The van der Waals surface area contributed by atoms with E-state index >= 15 is 0 Å². The van der Waals surface area contributed by atoms with Crippen molar-refractivity contribution in [2.24, 2.45) is 11.7 Å². The lowest BCUT2D eigenvalue weighted by atomic mass is 10.1. The van der Waals surface area contributed by atoms with E-state index in [-0.39, 0.29) is 18.5 Å². The molecule has 2 heterocycles. The summed E-state index contributed by atoms with van der Waals surface area (Å²) < 4.78 is 11.4. The molecule has 164 valence electrons. The topological polar surface area (TPSA) is 77.7 Å². The van der Waals surface area contributed by atoms with Crippen LogP contribution >= 0.6 is 23.7 Å². The summed E-state index contributed by atoms with van der Waals surface area (Å²) in [4.78, 5) is 19.5. The number of carbonyl (C=O) groups is 1. The van der Waals surface area contributed by atoms with Crippen LogP contribution in [0, 0.1) is 5.92 Å². The number of amides is 1. The number of ether oxygens (including phenoxy) is 2. The predicted molar refractivity (Wildman–Crippen MR) is 124 cm³/mol. The highest BCUT2D eigenvalue weighted by Crippen LogP contribution is 2.27. The molecule has 1 atom stereocenters. The van der Waals surface area contributed by atoms with Crippen molar-refractivity contribution in [1.82, 2.24) is 9.88 Å². The van der Waals surface area contributed by atoms with Gasteiger partial charge in [-0.2, -0.15) is 0 Å². The van der Waals surface area contributed by atoms with Crippen molar-refractivity contribution in [1.29, 1.82) is 0 Å². The highest BCUT2D eigenvalue weighted by molar-refractivity contribution is 7.15. The molecule has 3 aromatic rings. The Morgan fingerprint density at radius 2 is 1.94 bits per heavy atom. The number of halogens is 1. The van der Waals surface area contributed by atoms with Gasteiger partial charge in [0.15, 0.2) is 0 Å². The van der Waals surface area contributed by atoms with Gasteiger partial charge in [-0.15, -0.1) is 23.7 Å². The lowest BCUT2D eigenvalue weighted by Crippen LogP contribution is -2.30. The van der Waals surface area contributed by atoms with Crippen LogP contribution < -0.4 is 10.5 Å². The highest BCUT2D eigenvalue weighted by Gasteiger charge is 2.27. The van der Waals surface area contributed by atoms with Crippen LogP contribution in [0.2, 0.25) is 0 Å². The van der Waals surface area contributed by atoms with Crippen molar-refractivity contribution in [3.8, 4) is 16.3 Å². The average Bonchev–Trinajstić information content (AvgIpc) is 3.47. The molecular weight excluding hydrogens is 434 g/mol. The van der Waals surface area contributed by atoms with Gasteiger partial charge in [0, 0.05) is 42.2 Å². The minimum Gasteiger partial charge on any atom is -0.493 e. The van der Waals surface area contributed by atoms with Gasteiger partial charge in [-0.05, 0) is 36.2 Å². The number of nitrogens with two attached hydrogens (primary N) is 1. The number of nitrogens with zero attached hydrogens (tertiary/aromatic N) is 2. The first kappa shape index (κ1) is 23.1. The molecule has 4 rings (SSSR count). The fraction of sp³-hybridized carbons (Fsp3) is 0.304. The van der Waals surface area contributed by atoms with Gasteiger partial charge in [-0.3, -0.25) is 0 Å². The third-order valence-corrected chi connectivity index (χ3v) is 6.16. The standard InChI is InChI=1S/C23H25N3O3S.ClH/c24-12-21-13-25-22(30-21)19-6-8-20(9-7-19)28-16-18-10-11-26(14-18)23(27)29-15-17-4-2-1-3-5-17;/h1-9,13,18H,10-12,14-16,24H2;1H. The van der Waals surface area contributed by atoms with Gasteiger partial charge in [-0.1, -0.05) is 30.3 Å². The van der Waals surface area contributed by atoms with E-state index < -0.39 is 0 Å². The third kappa shape index (κ3) is 6.19. The molecule has 1 unspecified atom stereocenters. The minimum atomic E-state index is -0.258. The zero-order valence-electron chi connectivity index (χ0n) is 17.1. The quantitative estimate of drug-likeness (QED) is 0.552. The van der Waals surface area contributed by atoms with E-state index in [4.69, 9.17) is 15.2 Å². The van der Waals surface area contributed by atoms with E-state index in [0.717, 1.165) is 33.2 Å². The molecule has 2 N–H and O–H groups in total.